The average molecular weight is 214 g/mol. The Labute approximate surface area is 94.5 Å². The number of para-hydroxylation sites is 1. The number of carbonyl (C=O) groups excluding carboxylic acids is 1. The molecule has 1 aromatic heterocycles. The van der Waals surface area contributed by atoms with Crippen molar-refractivity contribution in [3.63, 3.8) is 0 Å². The quantitative estimate of drug-likeness (QED) is 0.835. The van der Waals surface area contributed by atoms with Crippen LogP contribution in [0.5, 0.6) is 0 Å². The van der Waals surface area contributed by atoms with E-state index in [1.807, 2.05) is 30.3 Å². The van der Waals surface area contributed by atoms with Crippen LogP contribution in [0.4, 0.5) is 5.69 Å². The molecule has 1 N–H and O–H groups in total. The van der Waals surface area contributed by atoms with Crippen molar-refractivity contribution < 1.29 is 4.79 Å². The number of carbonyl (C=O) groups is 1. The maximum Gasteiger partial charge on any atom is 0.221 e. The maximum atomic E-state index is 11.1. The Bertz CT molecular complexity index is 534. The zero-order valence-electron chi connectivity index (χ0n) is 9.45. The number of nitrogens with zero attached hydrogens (tertiary/aromatic N) is 1. The smallest absolute Gasteiger partial charge is 0.221 e. The second-order valence-corrected chi connectivity index (χ2v) is 3.71. The fourth-order valence-electron chi connectivity index (χ4n) is 1.70. The fraction of sp³-hybridized carbons (Fsp3) is 0.231. The van der Waals surface area contributed by atoms with Crippen LogP contribution in [0.1, 0.15) is 19.5 Å². The van der Waals surface area contributed by atoms with Crippen LogP contribution < -0.4 is 5.32 Å². The highest BCUT2D eigenvalue weighted by Crippen LogP contribution is 2.23. The molecule has 2 rings (SSSR count). The lowest BCUT2D eigenvalue weighted by Crippen LogP contribution is -2.07. The van der Waals surface area contributed by atoms with Crippen molar-refractivity contribution in [3.05, 3.63) is 36.0 Å². The molecular weight excluding hydrogens is 200 g/mol. The van der Waals surface area contributed by atoms with Crippen molar-refractivity contribution in [2.75, 3.05) is 5.32 Å². The number of hydrogen-bond donors (Lipinski definition) is 1. The van der Waals surface area contributed by atoms with Gasteiger partial charge in [-0.25, -0.2) is 0 Å². The van der Waals surface area contributed by atoms with E-state index in [4.69, 9.17) is 0 Å². The Kier molecular flexibility index (Phi) is 2.86. The molecule has 1 aromatic carbocycles. The van der Waals surface area contributed by atoms with Gasteiger partial charge < -0.3 is 5.32 Å². The van der Waals surface area contributed by atoms with Gasteiger partial charge in [-0.3, -0.25) is 9.78 Å². The van der Waals surface area contributed by atoms with Gasteiger partial charge in [0, 0.05) is 18.0 Å². The zero-order chi connectivity index (χ0) is 11.5. The molecule has 0 fully saturated rings. The lowest BCUT2D eigenvalue weighted by molar-refractivity contribution is -0.114. The minimum Gasteiger partial charge on any atom is -0.326 e. The van der Waals surface area contributed by atoms with Crippen LogP contribution in [0.15, 0.2) is 30.3 Å². The SMILES string of the molecule is CCc1cc(NC(C)=O)c2ccccc2n1. The first-order valence-corrected chi connectivity index (χ1v) is 5.37. The van der Waals surface area contributed by atoms with Crippen molar-refractivity contribution in [1.29, 1.82) is 0 Å². The molecule has 0 aliphatic carbocycles. The number of fused-ring (bicyclic) bond motifs is 1. The number of benzene rings is 1. The van der Waals surface area contributed by atoms with E-state index in [0.717, 1.165) is 28.7 Å². The second kappa shape index (κ2) is 4.31. The van der Waals surface area contributed by atoms with Crippen LogP contribution in [-0.4, -0.2) is 10.9 Å². The number of nitrogens with one attached hydrogen (secondary N) is 1. The van der Waals surface area contributed by atoms with Gasteiger partial charge in [-0.05, 0) is 18.6 Å². The van der Waals surface area contributed by atoms with E-state index < -0.39 is 0 Å². The summed E-state index contributed by atoms with van der Waals surface area (Å²) in [6, 6.07) is 9.75. The number of rotatable bonds is 2. The van der Waals surface area contributed by atoms with E-state index in [-0.39, 0.29) is 5.91 Å². The van der Waals surface area contributed by atoms with Crippen molar-refractivity contribution in [2.24, 2.45) is 0 Å². The molecule has 1 amide bonds. The Morgan fingerprint density at radius 3 is 2.81 bits per heavy atom. The van der Waals surface area contributed by atoms with Crippen molar-refractivity contribution in [1.82, 2.24) is 4.98 Å². The van der Waals surface area contributed by atoms with Gasteiger partial charge >= 0.3 is 0 Å². The topological polar surface area (TPSA) is 42.0 Å². The summed E-state index contributed by atoms with van der Waals surface area (Å²) in [5.41, 5.74) is 2.75. The summed E-state index contributed by atoms with van der Waals surface area (Å²) in [7, 11) is 0. The monoisotopic (exact) mass is 214 g/mol. The van der Waals surface area contributed by atoms with Crippen molar-refractivity contribution in [3.8, 4) is 0 Å². The standard InChI is InChI=1S/C13H14N2O/c1-3-10-8-13(14-9(2)16)11-6-4-5-7-12(11)15-10/h4-8H,3H2,1-2H3,(H,14,15,16). The van der Waals surface area contributed by atoms with Gasteiger partial charge in [0.2, 0.25) is 5.91 Å². The van der Waals surface area contributed by atoms with E-state index in [1.54, 1.807) is 0 Å². The molecule has 2 aromatic rings. The van der Waals surface area contributed by atoms with Crippen LogP contribution >= 0.6 is 0 Å². The minimum absolute atomic E-state index is 0.0570. The number of anilines is 1. The van der Waals surface area contributed by atoms with Crippen molar-refractivity contribution >= 4 is 22.5 Å². The second-order valence-electron chi connectivity index (χ2n) is 3.71. The third-order valence-electron chi connectivity index (χ3n) is 2.44. The maximum absolute atomic E-state index is 11.1. The molecule has 3 heteroatoms. The summed E-state index contributed by atoms with van der Waals surface area (Å²) in [5, 5.41) is 3.82. The highest BCUT2D eigenvalue weighted by atomic mass is 16.1. The van der Waals surface area contributed by atoms with Crippen LogP contribution in [0.2, 0.25) is 0 Å². The molecular formula is C13H14N2O. The van der Waals surface area contributed by atoms with Crippen molar-refractivity contribution in [2.45, 2.75) is 20.3 Å². The molecule has 82 valence electrons. The number of aromatic nitrogens is 1. The molecule has 0 spiro atoms. The molecule has 0 saturated carbocycles. The lowest BCUT2D eigenvalue weighted by atomic mass is 10.1. The molecule has 0 bridgehead atoms. The number of pyridine rings is 1. The molecule has 0 radical (unpaired) electrons. The summed E-state index contributed by atoms with van der Waals surface area (Å²) >= 11 is 0. The summed E-state index contributed by atoms with van der Waals surface area (Å²) in [6.07, 6.45) is 0.859. The number of hydrogen-bond acceptors (Lipinski definition) is 2. The minimum atomic E-state index is -0.0570. The van der Waals surface area contributed by atoms with Gasteiger partial charge in [-0.15, -0.1) is 0 Å². The molecule has 1 heterocycles. The van der Waals surface area contributed by atoms with Gasteiger partial charge in [0.15, 0.2) is 0 Å². The van der Waals surface area contributed by atoms with Gasteiger partial charge in [-0.1, -0.05) is 25.1 Å². The summed E-state index contributed by atoms with van der Waals surface area (Å²) in [4.78, 5) is 15.6. The van der Waals surface area contributed by atoms with Crippen LogP contribution in [-0.2, 0) is 11.2 Å². The predicted molar refractivity (Wildman–Crippen MR) is 65.4 cm³/mol. The number of amides is 1. The van der Waals surface area contributed by atoms with E-state index in [0.29, 0.717) is 0 Å². The first-order valence-electron chi connectivity index (χ1n) is 5.37. The van der Waals surface area contributed by atoms with Gasteiger partial charge in [-0.2, -0.15) is 0 Å². The molecule has 0 saturated heterocycles. The normalized spacial score (nSPS) is 10.4. The third kappa shape index (κ3) is 2.03. The van der Waals surface area contributed by atoms with Gasteiger partial charge in [0.05, 0.1) is 11.2 Å². The van der Waals surface area contributed by atoms with E-state index in [1.165, 1.54) is 6.92 Å². The Morgan fingerprint density at radius 2 is 2.12 bits per heavy atom. The lowest BCUT2D eigenvalue weighted by Gasteiger charge is -2.08. The number of aryl methyl sites for hydroxylation is 1. The summed E-state index contributed by atoms with van der Waals surface area (Å²) in [5.74, 6) is -0.0570. The predicted octanol–water partition coefficient (Wildman–Crippen LogP) is 2.76. The molecule has 16 heavy (non-hydrogen) atoms. The molecule has 0 aliphatic rings. The van der Waals surface area contributed by atoms with Crippen LogP contribution in [0.25, 0.3) is 10.9 Å². The first kappa shape index (κ1) is 10.6. The Morgan fingerprint density at radius 1 is 1.38 bits per heavy atom. The Hall–Kier alpha value is -1.90. The molecule has 0 unspecified atom stereocenters. The fourth-order valence-corrected chi connectivity index (χ4v) is 1.70. The van der Waals surface area contributed by atoms with E-state index in [2.05, 4.69) is 17.2 Å². The summed E-state index contributed by atoms with van der Waals surface area (Å²) in [6.45, 7) is 3.56. The summed E-state index contributed by atoms with van der Waals surface area (Å²) < 4.78 is 0. The van der Waals surface area contributed by atoms with Gasteiger partial charge in [0.25, 0.3) is 0 Å². The van der Waals surface area contributed by atoms with Gasteiger partial charge in [0.1, 0.15) is 0 Å². The van der Waals surface area contributed by atoms with Crippen LogP contribution in [0.3, 0.4) is 0 Å². The first-order chi connectivity index (χ1) is 7.70. The van der Waals surface area contributed by atoms with Crippen LogP contribution in [0, 0.1) is 0 Å². The average Bonchev–Trinajstić information content (AvgIpc) is 2.28. The third-order valence-corrected chi connectivity index (χ3v) is 2.44. The Balaban J connectivity index is 2.63. The van der Waals surface area contributed by atoms with E-state index in [9.17, 15) is 4.79 Å². The largest absolute Gasteiger partial charge is 0.326 e. The highest BCUT2D eigenvalue weighted by Gasteiger charge is 2.05. The zero-order valence-corrected chi connectivity index (χ0v) is 9.45. The van der Waals surface area contributed by atoms with E-state index >= 15 is 0 Å². The molecule has 0 atom stereocenters. The molecule has 0 aliphatic heterocycles. The highest BCUT2D eigenvalue weighted by molar-refractivity contribution is 6.00. The molecule has 3 nitrogen and oxygen atoms in total.